The first kappa shape index (κ1) is 14.4. The molecule has 0 saturated carbocycles. The zero-order valence-electron chi connectivity index (χ0n) is 10.8. The van der Waals surface area contributed by atoms with Crippen molar-refractivity contribution in [3.05, 3.63) is 56.5 Å². The van der Waals surface area contributed by atoms with Gasteiger partial charge in [-0.1, -0.05) is 22.0 Å². The lowest BCUT2D eigenvalue weighted by atomic mass is 10.2. The molecule has 19 heavy (non-hydrogen) atoms. The molecule has 0 bridgehead atoms. The van der Waals surface area contributed by atoms with Crippen molar-refractivity contribution in [1.82, 2.24) is 0 Å². The number of hydrogen-bond acceptors (Lipinski definition) is 2. The van der Waals surface area contributed by atoms with Crippen LogP contribution in [-0.2, 0) is 6.54 Å². The van der Waals surface area contributed by atoms with Gasteiger partial charge in [0.05, 0.1) is 7.11 Å². The third-order valence-corrected chi connectivity index (χ3v) is 4.02. The Balaban J connectivity index is 2.18. The molecular formula is C15H15Br2NO. The fourth-order valence-electron chi connectivity index (χ4n) is 1.85. The largest absolute Gasteiger partial charge is 0.496 e. The van der Waals surface area contributed by atoms with Gasteiger partial charge in [0.1, 0.15) is 5.75 Å². The summed E-state index contributed by atoms with van der Waals surface area (Å²) >= 11 is 7.04. The molecule has 0 saturated heterocycles. The summed E-state index contributed by atoms with van der Waals surface area (Å²) in [7, 11) is 1.69. The molecule has 0 radical (unpaired) electrons. The lowest BCUT2D eigenvalue weighted by Gasteiger charge is -2.12. The van der Waals surface area contributed by atoms with Crippen LogP contribution in [-0.4, -0.2) is 7.11 Å². The summed E-state index contributed by atoms with van der Waals surface area (Å²) in [6.45, 7) is 2.79. The molecule has 0 aliphatic carbocycles. The second-order valence-corrected chi connectivity index (χ2v) is 6.06. The standard InChI is InChI=1S/C15H15Br2NO/c1-10-3-5-13(17)14(7-10)18-9-11-8-12(16)4-6-15(11)19-2/h3-8,18H,9H2,1-2H3. The second kappa shape index (κ2) is 6.44. The van der Waals surface area contributed by atoms with Gasteiger partial charge in [0.2, 0.25) is 0 Å². The predicted molar refractivity (Wildman–Crippen MR) is 86.9 cm³/mol. The van der Waals surface area contributed by atoms with Gasteiger partial charge in [-0.2, -0.15) is 0 Å². The average Bonchev–Trinajstić information content (AvgIpc) is 2.40. The van der Waals surface area contributed by atoms with Crippen LogP contribution in [0.1, 0.15) is 11.1 Å². The average molecular weight is 385 g/mol. The van der Waals surface area contributed by atoms with Crippen LogP contribution in [0, 0.1) is 6.92 Å². The summed E-state index contributed by atoms with van der Waals surface area (Å²) in [5.74, 6) is 0.888. The van der Waals surface area contributed by atoms with E-state index in [1.54, 1.807) is 7.11 Å². The molecular weight excluding hydrogens is 370 g/mol. The molecule has 0 heterocycles. The third kappa shape index (κ3) is 3.74. The number of hydrogen-bond donors (Lipinski definition) is 1. The Morgan fingerprint density at radius 1 is 1.11 bits per heavy atom. The fourth-order valence-corrected chi connectivity index (χ4v) is 2.65. The van der Waals surface area contributed by atoms with Gasteiger partial charge in [-0.25, -0.2) is 0 Å². The molecule has 0 aliphatic heterocycles. The van der Waals surface area contributed by atoms with Crippen molar-refractivity contribution in [2.24, 2.45) is 0 Å². The van der Waals surface area contributed by atoms with Gasteiger partial charge < -0.3 is 10.1 Å². The van der Waals surface area contributed by atoms with Gasteiger partial charge in [0, 0.05) is 26.7 Å². The molecule has 0 amide bonds. The molecule has 2 rings (SSSR count). The van der Waals surface area contributed by atoms with Crippen LogP contribution >= 0.6 is 31.9 Å². The zero-order valence-corrected chi connectivity index (χ0v) is 14.0. The summed E-state index contributed by atoms with van der Waals surface area (Å²) in [6.07, 6.45) is 0. The number of anilines is 1. The molecule has 0 fully saturated rings. The molecule has 0 spiro atoms. The van der Waals surface area contributed by atoms with Gasteiger partial charge >= 0.3 is 0 Å². The van der Waals surface area contributed by atoms with E-state index in [-0.39, 0.29) is 0 Å². The van der Waals surface area contributed by atoms with E-state index in [9.17, 15) is 0 Å². The molecule has 100 valence electrons. The normalized spacial score (nSPS) is 10.3. The summed E-state index contributed by atoms with van der Waals surface area (Å²) in [6, 6.07) is 12.3. The fraction of sp³-hybridized carbons (Fsp3) is 0.200. The number of rotatable bonds is 4. The van der Waals surface area contributed by atoms with Gasteiger partial charge in [-0.3, -0.25) is 0 Å². The van der Waals surface area contributed by atoms with E-state index in [1.807, 2.05) is 12.1 Å². The molecule has 2 nitrogen and oxygen atoms in total. The maximum atomic E-state index is 5.37. The number of ether oxygens (including phenoxy) is 1. The molecule has 0 atom stereocenters. The Kier molecular flexibility index (Phi) is 4.88. The lowest BCUT2D eigenvalue weighted by Crippen LogP contribution is -2.02. The molecule has 0 aliphatic rings. The van der Waals surface area contributed by atoms with E-state index in [1.165, 1.54) is 5.56 Å². The van der Waals surface area contributed by atoms with Gasteiger partial charge in [-0.15, -0.1) is 0 Å². The van der Waals surface area contributed by atoms with Crippen molar-refractivity contribution in [2.45, 2.75) is 13.5 Å². The minimum absolute atomic E-state index is 0.713. The maximum absolute atomic E-state index is 5.37. The quantitative estimate of drug-likeness (QED) is 0.787. The van der Waals surface area contributed by atoms with Crippen molar-refractivity contribution in [1.29, 1.82) is 0 Å². The number of halogens is 2. The van der Waals surface area contributed by atoms with Crippen LogP contribution < -0.4 is 10.1 Å². The van der Waals surface area contributed by atoms with E-state index >= 15 is 0 Å². The van der Waals surface area contributed by atoms with Crippen molar-refractivity contribution >= 4 is 37.5 Å². The predicted octanol–water partition coefficient (Wildman–Crippen LogP) is 5.14. The molecule has 0 unspecified atom stereocenters. The Bertz CT molecular complexity index is 584. The van der Waals surface area contributed by atoms with Crippen molar-refractivity contribution < 1.29 is 4.74 Å². The van der Waals surface area contributed by atoms with E-state index in [0.29, 0.717) is 6.54 Å². The first-order valence-electron chi connectivity index (χ1n) is 5.92. The molecule has 0 aromatic heterocycles. The van der Waals surface area contributed by atoms with Crippen LogP contribution in [0.3, 0.4) is 0 Å². The Morgan fingerprint density at radius 2 is 1.89 bits per heavy atom. The summed E-state index contributed by atoms with van der Waals surface area (Å²) in [5, 5.41) is 3.42. The molecule has 2 aromatic rings. The zero-order chi connectivity index (χ0) is 13.8. The smallest absolute Gasteiger partial charge is 0.123 e. The molecule has 1 N–H and O–H groups in total. The van der Waals surface area contributed by atoms with Crippen LogP contribution in [0.5, 0.6) is 5.75 Å². The lowest BCUT2D eigenvalue weighted by molar-refractivity contribution is 0.410. The van der Waals surface area contributed by atoms with Gasteiger partial charge in [0.25, 0.3) is 0 Å². The maximum Gasteiger partial charge on any atom is 0.123 e. The number of nitrogens with one attached hydrogen (secondary N) is 1. The van der Waals surface area contributed by atoms with Crippen molar-refractivity contribution in [2.75, 3.05) is 12.4 Å². The number of benzene rings is 2. The molecule has 2 aromatic carbocycles. The Morgan fingerprint density at radius 3 is 2.63 bits per heavy atom. The number of aryl methyl sites for hydroxylation is 1. The van der Waals surface area contributed by atoms with Crippen LogP contribution in [0.2, 0.25) is 0 Å². The highest BCUT2D eigenvalue weighted by Crippen LogP contribution is 2.27. The minimum atomic E-state index is 0.713. The first-order chi connectivity index (χ1) is 9.10. The van der Waals surface area contributed by atoms with Crippen LogP contribution in [0.25, 0.3) is 0 Å². The van der Waals surface area contributed by atoms with E-state index < -0.39 is 0 Å². The Labute approximate surface area is 130 Å². The third-order valence-electron chi connectivity index (χ3n) is 2.83. The van der Waals surface area contributed by atoms with Crippen molar-refractivity contribution in [3.8, 4) is 5.75 Å². The SMILES string of the molecule is COc1ccc(Br)cc1CNc1cc(C)ccc1Br. The topological polar surface area (TPSA) is 21.3 Å². The van der Waals surface area contributed by atoms with Crippen molar-refractivity contribution in [3.63, 3.8) is 0 Å². The summed E-state index contributed by atoms with van der Waals surface area (Å²) in [5.41, 5.74) is 3.43. The summed E-state index contributed by atoms with van der Waals surface area (Å²) < 4.78 is 7.48. The van der Waals surface area contributed by atoms with Gasteiger partial charge in [-0.05, 0) is 58.7 Å². The highest BCUT2D eigenvalue weighted by atomic mass is 79.9. The van der Waals surface area contributed by atoms with E-state index in [0.717, 1.165) is 25.9 Å². The van der Waals surface area contributed by atoms with E-state index in [2.05, 4.69) is 68.4 Å². The monoisotopic (exact) mass is 383 g/mol. The van der Waals surface area contributed by atoms with Crippen LogP contribution in [0.4, 0.5) is 5.69 Å². The van der Waals surface area contributed by atoms with E-state index in [4.69, 9.17) is 4.74 Å². The highest BCUT2D eigenvalue weighted by Gasteiger charge is 2.05. The summed E-state index contributed by atoms with van der Waals surface area (Å²) in [4.78, 5) is 0. The van der Waals surface area contributed by atoms with Crippen LogP contribution in [0.15, 0.2) is 45.3 Å². The highest BCUT2D eigenvalue weighted by molar-refractivity contribution is 9.10. The first-order valence-corrected chi connectivity index (χ1v) is 7.51. The van der Waals surface area contributed by atoms with Gasteiger partial charge in [0.15, 0.2) is 0 Å². The molecule has 4 heteroatoms. The number of methoxy groups -OCH3 is 1. The minimum Gasteiger partial charge on any atom is -0.496 e. The Hall–Kier alpha value is -1.00. The second-order valence-electron chi connectivity index (χ2n) is 4.29.